The molecule has 2 N–H and O–H groups in total. The average Bonchev–Trinajstić information content (AvgIpc) is 2.74. The van der Waals surface area contributed by atoms with Crippen LogP contribution >= 0.6 is 0 Å². The molecular formula is C22H24N4O2. The van der Waals surface area contributed by atoms with Gasteiger partial charge in [-0.25, -0.2) is 9.97 Å². The number of amides is 1. The molecule has 6 heteroatoms. The number of aryl methyl sites for hydroxylation is 2. The number of nitrogens with one attached hydrogen (secondary N) is 2. The predicted octanol–water partition coefficient (Wildman–Crippen LogP) is 4.03. The smallest absolute Gasteiger partial charge is 0.270 e. The topological polar surface area (TPSA) is 76.1 Å². The fourth-order valence-corrected chi connectivity index (χ4v) is 2.88. The van der Waals surface area contributed by atoms with E-state index in [4.69, 9.17) is 4.74 Å². The molecule has 144 valence electrons. The number of hydrogen-bond acceptors (Lipinski definition) is 5. The van der Waals surface area contributed by atoms with Crippen LogP contribution in [-0.4, -0.2) is 23.0 Å². The molecule has 28 heavy (non-hydrogen) atoms. The highest BCUT2D eigenvalue weighted by Gasteiger charge is 2.11. The number of carbonyl (C=O) groups is 1. The van der Waals surface area contributed by atoms with Crippen LogP contribution in [0.3, 0.4) is 0 Å². The van der Waals surface area contributed by atoms with Crippen LogP contribution in [-0.2, 0) is 13.0 Å². The monoisotopic (exact) mass is 376 g/mol. The number of methoxy groups -OCH3 is 1. The minimum Gasteiger partial charge on any atom is -0.497 e. The summed E-state index contributed by atoms with van der Waals surface area (Å²) in [6.45, 7) is 4.55. The largest absolute Gasteiger partial charge is 0.497 e. The molecule has 6 nitrogen and oxygen atoms in total. The van der Waals surface area contributed by atoms with Crippen LogP contribution in [0, 0.1) is 6.92 Å². The van der Waals surface area contributed by atoms with Crippen LogP contribution in [0.4, 0.5) is 11.6 Å². The molecule has 3 aromatic rings. The highest BCUT2D eigenvalue weighted by atomic mass is 16.5. The summed E-state index contributed by atoms with van der Waals surface area (Å²) in [7, 11) is 1.62. The summed E-state index contributed by atoms with van der Waals surface area (Å²) < 4.78 is 5.14. The summed E-state index contributed by atoms with van der Waals surface area (Å²) in [5.74, 6) is 0.937. The van der Waals surface area contributed by atoms with Gasteiger partial charge in [-0.1, -0.05) is 37.3 Å². The molecule has 2 aromatic carbocycles. The van der Waals surface area contributed by atoms with Crippen LogP contribution in [0.25, 0.3) is 0 Å². The Bertz CT molecular complexity index is 955. The molecule has 0 aliphatic heterocycles. The quantitative estimate of drug-likeness (QED) is 0.651. The predicted molar refractivity (Wildman–Crippen MR) is 110 cm³/mol. The Balaban J connectivity index is 1.69. The van der Waals surface area contributed by atoms with Gasteiger partial charge < -0.3 is 15.4 Å². The molecule has 0 aliphatic rings. The number of nitrogens with zero attached hydrogens (tertiary/aromatic N) is 2. The van der Waals surface area contributed by atoms with Crippen LogP contribution in [0.1, 0.15) is 34.1 Å². The van der Waals surface area contributed by atoms with E-state index in [1.807, 2.05) is 43.3 Å². The SMILES string of the molecule is CCc1cccc(C)c1Nc1nccc(C(=O)NCc2ccc(OC)cc2)n1. The first kappa shape index (κ1) is 19.4. The number of para-hydroxylation sites is 1. The lowest BCUT2D eigenvalue weighted by molar-refractivity contribution is 0.0946. The Hall–Kier alpha value is -3.41. The van der Waals surface area contributed by atoms with Gasteiger partial charge in [0.05, 0.1) is 7.11 Å². The fraction of sp³-hybridized carbons (Fsp3) is 0.227. The van der Waals surface area contributed by atoms with Crippen molar-refractivity contribution < 1.29 is 9.53 Å². The molecule has 0 saturated carbocycles. The zero-order valence-corrected chi connectivity index (χ0v) is 16.3. The number of carbonyl (C=O) groups excluding carboxylic acids is 1. The maximum Gasteiger partial charge on any atom is 0.270 e. The van der Waals surface area contributed by atoms with Crippen molar-refractivity contribution in [3.8, 4) is 5.75 Å². The summed E-state index contributed by atoms with van der Waals surface area (Å²) in [6.07, 6.45) is 2.48. The summed E-state index contributed by atoms with van der Waals surface area (Å²) >= 11 is 0. The molecule has 0 spiro atoms. The van der Waals surface area contributed by atoms with Gasteiger partial charge in [-0.05, 0) is 48.2 Å². The summed E-state index contributed by atoms with van der Waals surface area (Å²) in [4.78, 5) is 21.1. The first-order chi connectivity index (χ1) is 13.6. The van der Waals surface area contributed by atoms with Crippen molar-refractivity contribution in [2.24, 2.45) is 0 Å². The van der Waals surface area contributed by atoms with Crippen molar-refractivity contribution in [2.45, 2.75) is 26.8 Å². The van der Waals surface area contributed by atoms with Crippen LogP contribution in [0.5, 0.6) is 5.75 Å². The summed E-state index contributed by atoms with van der Waals surface area (Å²) in [5.41, 5.74) is 4.57. The zero-order chi connectivity index (χ0) is 19.9. The molecule has 1 aromatic heterocycles. The van der Waals surface area contributed by atoms with Crippen molar-refractivity contribution in [3.63, 3.8) is 0 Å². The normalized spacial score (nSPS) is 10.4. The second-order valence-corrected chi connectivity index (χ2v) is 6.38. The standard InChI is InChI=1S/C22H24N4O2/c1-4-17-7-5-6-15(2)20(17)26-22-23-13-12-19(25-22)21(27)24-14-16-8-10-18(28-3)11-9-16/h5-13H,4,14H2,1-3H3,(H,24,27)(H,23,25,26). The van der Waals surface area contributed by atoms with E-state index in [9.17, 15) is 4.79 Å². The van der Waals surface area contributed by atoms with Crippen molar-refractivity contribution >= 4 is 17.5 Å². The van der Waals surface area contributed by atoms with Gasteiger partial charge in [0, 0.05) is 18.4 Å². The molecule has 0 bridgehead atoms. The van der Waals surface area contributed by atoms with Crippen LogP contribution < -0.4 is 15.4 Å². The van der Waals surface area contributed by atoms with Crippen LogP contribution in [0.15, 0.2) is 54.7 Å². The number of anilines is 2. The molecule has 0 aliphatic carbocycles. The Labute approximate surface area is 165 Å². The van der Waals surface area contributed by atoms with Crippen molar-refractivity contribution in [1.29, 1.82) is 0 Å². The van der Waals surface area contributed by atoms with E-state index in [1.165, 1.54) is 5.56 Å². The maximum atomic E-state index is 12.5. The molecule has 0 radical (unpaired) electrons. The van der Waals surface area contributed by atoms with Gasteiger partial charge in [0.25, 0.3) is 5.91 Å². The number of rotatable bonds is 7. The van der Waals surface area contributed by atoms with Gasteiger partial charge in [-0.15, -0.1) is 0 Å². The molecule has 0 atom stereocenters. The van der Waals surface area contributed by atoms with Gasteiger partial charge in [0.15, 0.2) is 0 Å². The maximum absolute atomic E-state index is 12.5. The van der Waals surface area contributed by atoms with E-state index in [0.29, 0.717) is 18.2 Å². The highest BCUT2D eigenvalue weighted by Crippen LogP contribution is 2.23. The number of benzene rings is 2. The fourth-order valence-electron chi connectivity index (χ4n) is 2.88. The van der Waals surface area contributed by atoms with Crippen molar-refractivity contribution in [3.05, 3.63) is 77.1 Å². The minimum atomic E-state index is -0.248. The molecule has 1 amide bonds. The van der Waals surface area contributed by atoms with E-state index >= 15 is 0 Å². The third-order valence-electron chi connectivity index (χ3n) is 4.48. The Morgan fingerprint density at radius 1 is 1.11 bits per heavy atom. The molecule has 0 unspecified atom stereocenters. The van der Waals surface area contributed by atoms with E-state index in [1.54, 1.807) is 19.4 Å². The second kappa shape index (κ2) is 8.99. The van der Waals surface area contributed by atoms with E-state index < -0.39 is 0 Å². The lowest BCUT2D eigenvalue weighted by Crippen LogP contribution is -2.24. The van der Waals surface area contributed by atoms with Gasteiger partial charge in [-0.3, -0.25) is 4.79 Å². The summed E-state index contributed by atoms with van der Waals surface area (Å²) in [5, 5.41) is 6.14. The third-order valence-corrected chi connectivity index (χ3v) is 4.48. The van der Waals surface area contributed by atoms with Gasteiger partial charge in [0.1, 0.15) is 11.4 Å². The lowest BCUT2D eigenvalue weighted by Gasteiger charge is -2.13. The van der Waals surface area contributed by atoms with Crippen molar-refractivity contribution in [2.75, 3.05) is 12.4 Å². The third kappa shape index (κ3) is 4.65. The van der Waals surface area contributed by atoms with Gasteiger partial charge in [-0.2, -0.15) is 0 Å². The summed E-state index contributed by atoms with van der Waals surface area (Å²) in [6, 6.07) is 15.3. The Morgan fingerprint density at radius 3 is 2.61 bits per heavy atom. The average molecular weight is 376 g/mol. The number of hydrogen-bond donors (Lipinski definition) is 2. The highest BCUT2D eigenvalue weighted by molar-refractivity contribution is 5.92. The van der Waals surface area contributed by atoms with E-state index in [0.717, 1.165) is 29.0 Å². The first-order valence-corrected chi connectivity index (χ1v) is 9.20. The Morgan fingerprint density at radius 2 is 1.89 bits per heavy atom. The molecular weight excluding hydrogens is 352 g/mol. The van der Waals surface area contributed by atoms with Crippen molar-refractivity contribution in [1.82, 2.24) is 15.3 Å². The van der Waals surface area contributed by atoms with Gasteiger partial charge >= 0.3 is 0 Å². The molecule has 1 heterocycles. The zero-order valence-electron chi connectivity index (χ0n) is 16.3. The lowest BCUT2D eigenvalue weighted by atomic mass is 10.1. The molecule has 0 fully saturated rings. The first-order valence-electron chi connectivity index (χ1n) is 9.20. The van der Waals surface area contributed by atoms with Gasteiger partial charge in [0.2, 0.25) is 5.95 Å². The number of ether oxygens (including phenoxy) is 1. The molecule has 3 rings (SSSR count). The van der Waals surface area contributed by atoms with Crippen LogP contribution in [0.2, 0.25) is 0 Å². The molecule has 0 saturated heterocycles. The number of aromatic nitrogens is 2. The second-order valence-electron chi connectivity index (χ2n) is 6.38. The van der Waals surface area contributed by atoms with E-state index in [2.05, 4.69) is 33.6 Å². The minimum absolute atomic E-state index is 0.248. The van der Waals surface area contributed by atoms with E-state index in [-0.39, 0.29) is 5.91 Å². The Kier molecular flexibility index (Phi) is 6.22.